The minimum Gasteiger partial charge on any atom is -0.339 e. The van der Waals surface area contributed by atoms with Gasteiger partial charge in [0.1, 0.15) is 0 Å². The van der Waals surface area contributed by atoms with Crippen molar-refractivity contribution in [2.45, 2.75) is 30.7 Å². The van der Waals surface area contributed by atoms with Gasteiger partial charge in [-0.15, -0.1) is 0 Å². The zero-order valence-electron chi connectivity index (χ0n) is 14.5. The minimum absolute atomic E-state index is 0.148. The molecule has 25 heavy (non-hydrogen) atoms. The summed E-state index contributed by atoms with van der Waals surface area (Å²) >= 11 is 0. The number of nitrogens with zero attached hydrogens (tertiary/aromatic N) is 2. The van der Waals surface area contributed by atoms with Crippen LogP contribution in [0.5, 0.6) is 0 Å². The molecule has 3 rings (SSSR count). The van der Waals surface area contributed by atoms with E-state index in [1.807, 2.05) is 6.92 Å². The van der Waals surface area contributed by atoms with Crippen molar-refractivity contribution in [1.29, 1.82) is 0 Å². The molecular weight excluding hydrogens is 338 g/mol. The van der Waals surface area contributed by atoms with Crippen molar-refractivity contribution in [2.24, 2.45) is 0 Å². The highest BCUT2D eigenvalue weighted by atomic mass is 32.2. The molecule has 2 aromatic rings. The van der Waals surface area contributed by atoms with Crippen LogP contribution < -0.4 is 5.32 Å². The number of aromatic nitrogens is 1. The second kappa shape index (κ2) is 7.01. The second-order valence-electron chi connectivity index (χ2n) is 6.45. The summed E-state index contributed by atoms with van der Waals surface area (Å²) in [7, 11) is -1.90. The maximum atomic E-state index is 12.7. The van der Waals surface area contributed by atoms with E-state index in [0.717, 1.165) is 35.5 Å². The molecule has 0 aliphatic carbocycles. The van der Waals surface area contributed by atoms with Crippen molar-refractivity contribution in [2.75, 3.05) is 20.1 Å². The maximum Gasteiger partial charge on any atom is 0.267 e. The van der Waals surface area contributed by atoms with Gasteiger partial charge in [-0.1, -0.05) is 17.7 Å². The number of rotatable bonds is 4. The van der Waals surface area contributed by atoms with Gasteiger partial charge in [0.2, 0.25) is 0 Å². The van der Waals surface area contributed by atoms with E-state index in [1.165, 1.54) is 12.4 Å². The summed E-state index contributed by atoms with van der Waals surface area (Å²) in [5.74, 6) is -0.148. The summed E-state index contributed by atoms with van der Waals surface area (Å²) in [5.41, 5.74) is 1.38. The van der Waals surface area contributed by atoms with Crippen molar-refractivity contribution in [3.63, 3.8) is 0 Å². The Morgan fingerprint density at radius 1 is 1.16 bits per heavy atom. The Balaban J connectivity index is 1.81. The lowest BCUT2D eigenvalue weighted by molar-refractivity contribution is 0.0703. The molecule has 1 aliphatic rings. The van der Waals surface area contributed by atoms with Gasteiger partial charge in [-0.05, 0) is 51.1 Å². The number of carbonyl (C=O) groups excluding carboxylic acids is 1. The monoisotopic (exact) mass is 361 g/mol. The highest BCUT2D eigenvalue weighted by molar-refractivity contribution is 7.90. The van der Waals surface area contributed by atoms with E-state index in [0.29, 0.717) is 5.56 Å². The van der Waals surface area contributed by atoms with E-state index in [-0.39, 0.29) is 16.8 Å². The lowest BCUT2D eigenvalue weighted by atomic mass is 10.0. The van der Waals surface area contributed by atoms with Gasteiger partial charge >= 0.3 is 0 Å². The molecule has 7 heteroatoms. The van der Waals surface area contributed by atoms with E-state index < -0.39 is 10.0 Å². The van der Waals surface area contributed by atoms with Crippen LogP contribution in [-0.4, -0.2) is 49.4 Å². The van der Waals surface area contributed by atoms with Crippen LogP contribution in [0.4, 0.5) is 0 Å². The number of hydrogen-bond donors (Lipinski definition) is 1. The standard InChI is InChI=1S/C18H23N3O3S/c1-14-3-5-17(6-4-14)25(23,24)21-12-9-15(13-21)18(22)20(2)16-7-10-19-11-8-16/h3-6,9,12-13,16,19H,7-8,10-11H2,1-2H3. The zero-order valence-corrected chi connectivity index (χ0v) is 15.3. The molecule has 1 saturated heterocycles. The van der Waals surface area contributed by atoms with E-state index in [4.69, 9.17) is 0 Å². The molecule has 0 bridgehead atoms. The highest BCUT2D eigenvalue weighted by Crippen LogP contribution is 2.18. The van der Waals surface area contributed by atoms with Crippen molar-refractivity contribution < 1.29 is 13.2 Å². The number of benzene rings is 1. The average Bonchev–Trinajstić information content (AvgIpc) is 3.12. The number of aryl methyl sites for hydroxylation is 1. The molecule has 0 atom stereocenters. The van der Waals surface area contributed by atoms with E-state index in [9.17, 15) is 13.2 Å². The molecule has 1 amide bonds. The van der Waals surface area contributed by atoms with E-state index in [1.54, 1.807) is 42.3 Å². The quantitative estimate of drug-likeness (QED) is 0.902. The molecule has 2 heterocycles. The predicted molar refractivity (Wildman–Crippen MR) is 96.2 cm³/mol. The SMILES string of the molecule is Cc1ccc(S(=O)(=O)n2ccc(C(=O)N(C)C3CCNCC3)c2)cc1. The van der Waals surface area contributed by atoms with Crippen molar-refractivity contribution in [3.05, 3.63) is 53.9 Å². The van der Waals surface area contributed by atoms with Crippen LogP contribution in [0.15, 0.2) is 47.6 Å². The fraction of sp³-hybridized carbons (Fsp3) is 0.389. The Kier molecular flexibility index (Phi) is 4.96. The van der Waals surface area contributed by atoms with Gasteiger partial charge in [0.25, 0.3) is 15.9 Å². The molecule has 0 spiro atoms. The first kappa shape index (κ1) is 17.7. The van der Waals surface area contributed by atoms with Crippen LogP contribution in [0.1, 0.15) is 28.8 Å². The minimum atomic E-state index is -3.68. The predicted octanol–water partition coefficient (Wildman–Crippen LogP) is 1.86. The Bertz CT molecular complexity index is 850. The molecule has 0 saturated carbocycles. The summed E-state index contributed by atoms with van der Waals surface area (Å²) in [6.07, 6.45) is 4.64. The smallest absolute Gasteiger partial charge is 0.267 e. The average molecular weight is 361 g/mol. The van der Waals surface area contributed by atoms with Crippen molar-refractivity contribution in [3.8, 4) is 0 Å². The van der Waals surface area contributed by atoms with Gasteiger partial charge < -0.3 is 10.2 Å². The number of amides is 1. The molecule has 0 radical (unpaired) electrons. The summed E-state index contributed by atoms with van der Waals surface area (Å²) in [5, 5.41) is 3.27. The molecule has 1 aliphatic heterocycles. The number of carbonyl (C=O) groups is 1. The molecule has 1 aromatic carbocycles. The molecule has 6 nitrogen and oxygen atoms in total. The van der Waals surface area contributed by atoms with Crippen molar-refractivity contribution >= 4 is 15.9 Å². The van der Waals surface area contributed by atoms with Crippen molar-refractivity contribution in [1.82, 2.24) is 14.2 Å². The maximum absolute atomic E-state index is 12.7. The molecule has 134 valence electrons. The number of hydrogen-bond acceptors (Lipinski definition) is 4. The fourth-order valence-corrected chi connectivity index (χ4v) is 4.25. The Morgan fingerprint density at radius 3 is 2.44 bits per heavy atom. The van der Waals surface area contributed by atoms with Crippen LogP contribution in [0.3, 0.4) is 0 Å². The number of piperidine rings is 1. The molecule has 1 aromatic heterocycles. The molecule has 1 fully saturated rings. The van der Waals surface area contributed by atoms with Crippen LogP contribution in [0, 0.1) is 6.92 Å². The highest BCUT2D eigenvalue weighted by Gasteiger charge is 2.25. The van der Waals surface area contributed by atoms with Gasteiger partial charge in [0, 0.05) is 25.5 Å². The third-order valence-corrected chi connectivity index (χ3v) is 6.34. The van der Waals surface area contributed by atoms with E-state index >= 15 is 0 Å². The zero-order chi connectivity index (χ0) is 18.0. The summed E-state index contributed by atoms with van der Waals surface area (Å²) in [4.78, 5) is 14.6. The molecular formula is C18H23N3O3S. The van der Waals surface area contributed by atoms with Gasteiger partial charge in [-0.3, -0.25) is 4.79 Å². The Labute approximate surface area is 148 Å². The van der Waals surface area contributed by atoms with Gasteiger partial charge in [0.15, 0.2) is 0 Å². The Morgan fingerprint density at radius 2 is 1.80 bits per heavy atom. The topological polar surface area (TPSA) is 71.4 Å². The first-order valence-corrected chi connectivity index (χ1v) is 9.82. The third kappa shape index (κ3) is 3.62. The number of nitrogens with one attached hydrogen (secondary N) is 1. The van der Waals surface area contributed by atoms with Crippen LogP contribution >= 0.6 is 0 Å². The summed E-state index contributed by atoms with van der Waals surface area (Å²) in [6.45, 7) is 3.69. The van der Waals surface area contributed by atoms with Gasteiger partial charge in [0.05, 0.1) is 10.5 Å². The Hall–Kier alpha value is -2.12. The lowest BCUT2D eigenvalue weighted by Gasteiger charge is -2.31. The van der Waals surface area contributed by atoms with E-state index in [2.05, 4.69) is 5.32 Å². The molecule has 0 unspecified atom stereocenters. The fourth-order valence-electron chi connectivity index (χ4n) is 3.05. The largest absolute Gasteiger partial charge is 0.339 e. The van der Waals surface area contributed by atoms with Crippen LogP contribution in [0.25, 0.3) is 0 Å². The van der Waals surface area contributed by atoms with Crippen LogP contribution in [0.2, 0.25) is 0 Å². The van der Waals surface area contributed by atoms with Gasteiger partial charge in [-0.25, -0.2) is 12.4 Å². The van der Waals surface area contributed by atoms with Gasteiger partial charge in [-0.2, -0.15) is 0 Å². The molecule has 1 N–H and O–H groups in total. The first-order valence-electron chi connectivity index (χ1n) is 8.38. The lowest BCUT2D eigenvalue weighted by Crippen LogP contribution is -2.43. The van der Waals surface area contributed by atoms with Crippen LogP contribution in [-0.2, 0) is 10.0 Å². The summed E-state index contributed by atoms with van der Waals surface area (Å²) < 4.78 is 26.5. The normalized spacial score (nSPS) is 15.9. The third-order valence-electron chi connectivity index (χ3n) is 4.69. The summed E-state index contributed by atoms with van der Waals surface area (Å²) in [6, 6.07) is 8.42. The second-order valence-corrected chi connectivity index (χ2v) is 8.29. The first-order chi connectivity index (χ1) is 11.9.